The highest BCUT2D eigenvalue weighted by Gasteiger charge is 2.36. The average molecular weight is 455 g/mol. The minimum absolute atomic E-state index is 0.0233. The van der Waals surface area contributed by atoms with Gasteiger partial charge in [-0.2, -0.15) is 13.2 Å². The van der Waals surface area contributed by atoms with Crippen molar-refractivity contribution in [3.8, 4) is 16.9 Å². The number of hydrogen-bond acceptors (Lipinski definition) is 5. The van der Waals surface area contributed by atoms with Gasteiger partial charge in [-0.25, -0.2) is 4.99 Å². The molecule has 0 saturated carbocycles. The van der Waals surface area contributed by atoms with Crippen molar-refractivity contribution in [3.05, 3.63) is 72.1 Å². The van der Waals surface area contributed by atoms with Crippen molar-refractivity contribution >= 4 is 23.0 Å². The molecule has 0 atom stereocenters. The molecule has 1 aromatic heterocycles. The molecular formula is C24H20F3N3O3. The van der Waals surface area contributed by atoms with Crippen molar-refractivity contribution in [1.82, 2.24) is 4.98 Å². The van der Waals surface area contributed by atoms with Crippen LogP contribution < -0.4 is 10.1 Å². The van der Waals surface area contributed by atoms with Crippen molar-refractivity contribution in [2.24, 2.45) is 4.99 Å². The van der Waals surface area contributed by atoms with Gasteiger partial charge in [0.15, 0.2) is 0 Å². The van der Waals surface area contributed by atoms with E-state index in [1.54, 1.807) is 18.5 Å². The number of amides is 1. The Morgan fingerprint density at radius 3 is 2.55 bits per heavy atom. The minimum Gasteiger partial charge on any atom is -0.490 e. The van der Waals surface area contributed by atoms with Gasteiger partial charge in [-0.3, -0.25) is 9.78 Å². The van der Waals surface area contributed by atoms with Gasteiger partial charge in [0.2, 0.25) is 5.91 Å². The number of rotatable bonds is 6. The third kappa shape index (κ3) is 5.20. The van der Waals surface area contributed by atoms with Crippen LogP contribution in [0.4, 0.5) is 24.5 Å². The molecule has 0 unspecified atom stereocenters. The Balaban J connectivity index is 1.78. The fourth-order valence-electron chi connectivity index (χ4n) is 3.45. The number of hydrogen-bond donors (Lipinski definition) is 1. The van der Waals surface area contributed by atoms with Crippen LogP contribution in [0.15, 0.2) is 65.9 Å². The van der Waals surface area contributed by atoms with Crippen molar-refractivity contribution in [1.29, 1.82) is 0 Å². The Morgan fingerprint density at radius 2 is 1.82 bits per heavy atom. The Kier molecular flexibility index (Phi) is 6.41. The molecule has 9 heteroatoms. The van der Waals surface area contributed by atoms with Gasteiger partial charge in [-0.1, -0.05) is 24.3 Å². The van der Waals surface area contributed by atoms with Crippen LogP contribution in [0, 0.1) is 0 Å². The summed E-state index contributed by atoms with van der Waals surface area (Å²) in [4.78, 5) is 21.2. The third-order valence-corrected chi connectivity index (χ3v) is 5.00. The number of carbonyl (C=O) groups excluding carboxylic acids is 1. The van der Waals surface area contributed by atoms with Gasteiger partial charge in [0.05, 0.1) is 35.7 Å². The summed E-state index contributed by atoms with van der Waals surface area (Å²) in [7, 11) is 1.43. The van der Waals surface area contributed by atoms with Gasteiger partial charge in [0.25, 0.3) is 0 Å². The summed E-state index contributed by atoms with van der Waals surface area (Å²) in [6, 6.07) is 13.2. The van der Waals surface area contributed by atoms with Crippen LogP contribution in [0.1, 0.15) is 17.5 Å². The number of halogens is 3. The van der Waals surface area contributed by atoms with Crippen LogP contribution in [0.5, 0.6) is 5.75 Å². The molecule has 6 nitrogen and oxygen atoms in total. The van der Waals surface area contributed by atoms with E-state index in [9.17, 15) is 18.0 Å². The zero-order valence-corrected chi connectivity index (χ0v) is 17.6. The van der Waals surface area contributed by atoms with E-state index in [-0.39, 0.29) is 36.8 Å². The number of methoxy groups -OCH3 is 1. The first kappa shape index (κ1) is 22.5. The summed E-state index contributed by atoms with van der Waals surface area (Å²) in [5.74, 6) is -0.831. The Morgan fingerprint density at radius 1 is 1.03 bits per heavy atom. The first-order valence-corrected chi connectivity index (χ1v) is 10.1. The van der Waals surface area contributed by atoms with Gasteiger partial charge in [0, 0.05) is 31.1 Å². The van der Waals surface area contributed by atoms with Gasteiger partial charge < -0.3 is 14.8 Å². The SMILES string of the molecule is COCCOc1cc2c(cc1C(F)(F)F)NC(=O)CC(c1cccc(-c3cccnc3)c1)=N2. The number of aromatic nitrogens is 1. The highest BCUT2D eigenvalue weighted by molar-refractivity contribution is 6.17. The molecule has 0 spiro atoms. The van der Waals surface area contributed by atoms with Crippen LogP contribution in [0.3, 0.4) is 0 Å². The molecule has 1 aliphatic heterocycles. The lowest BCUT2D eigenvalue weighted by Gasteiger charge is -2.16. The fraction of sp³-hybridized carbons (Fsp3) is 0.208. The molecule has 1 N–H and O–H groups in total. The molecular weight excluding hydrogens is 435 g/mol. The van der Waals surface area contributed by atoms with Crippen LogP contribution in [0.2, 0.25) is 0 Å². The van der Waals surface area contributed by atoms with Gasteiger partial charge >= 0.3 is 6.18 Å². The number of benzene rings is 2. The highest BCUT2D eigenvalue weighted by atomic mass is 19.4. The lowest BCUT2D eigenvalue weighted by atomic mass is 10.0. The second-order valence-corrected chi connectivity index (χ2v) is 7.31. The van der Waals surface area contributed by atoms with Crippen LogP contribution in [-0.4, -0.2) is 36.9 Å². The standard InChI is InChI=1S/C24H20F3N3O3/c1-32-8-9-33-22-12-21-20(11-18(22)24(25,26)27)30-23(31)13-19(29-21)16-5-2-4-15(10-16)17-6-3-7-28-14-17/h2-7,10-12,14H,8-9,13H2,1H3,(H,30,31). The summed E-state index contributed by atoms with van der Waals surface area (Å²) in [5.41, 5.74) is 2.05. The number of carbonyl (C=O) groups is 1. The largest absolute Gasteiger partial charge is 0.490 e. The van der Waals surface area contributed by atoms with Crippen LogP contribution in [-0.2, 0) is 15.7 Å². The van der Waals surface area contributed by atoms with Crippen molar-refractivity contribution in [2.45, 2.75) is 12.6 Å². The van der Waals surface area contributed by atoms with Gasteiger partial charge in [-0.05, 0) is 29.3 Å². The first-order valence-electron chi connectivity index (χ1n) is 10.1. The number of alkyl halides is 3. The smallest absolute Gasteiger partial charge is 0.420 e. The molecule has 4 rings (SSSR count). The van der Waals surface area contributed by atoms with Gasteiger partial charge in [-0.15, -0.1) is 0 Å². The lowest BCUT2D eigenvalue weighted by molar-refractivity contribution is -0.139. The van der Waals surface area contributed by atoms with E-state index < -0.39 is 17.6 Å². The summed E-state index contributed by atoms with van der Waals surface area (Å²) < 4.78 is 51.0. The normalized spacial score (nSPS) is 13.6. The molecule has 0 aliphatic carbocycles. The second kappa shape index (κ2) is 9.41. The summed E-state index contributed by atoms with van der Waals surface area (Å²) in [6.07, 6.45) is -1.37. The maximum absolute atomic E-state index is 13.6. The average Bonchev–Trinajstić information content (AvgIpc) is 2.96. The summed E-state index contributed by atoms with van der Waals surface area (Å²) >= 11 is 0. The number of ether oxygens (including phenoxy) is 2. The van der Waals surface area contributed by atoms with E-state index in [0.29, 0.717) is 11.3 Å². The summed E-state index contributed by atoms with van der Waals surface area (Å²) in [6.45, 7) is 0.0647. The fourth-order valence-corrected chi connectivity index (χ4v) is 3.45. The summed E-state index contributed by atoms with van der Waals surface area (Å²) in [5, 5.41) is 2.53. The van der Waals surface area contributed by atoms with E-state index in [4.69, 9.17) is 9.47 Å². The number of nitrogens with one attached hydrogen (secondary N) is 1. The molecule has 0 fully saturated rings. The number of aliphatic imine (C=N–C) groups is 1. The molecule has 0 saturated heterocycles. The topological polar surface area (TPSA) is 72.8 Å². The predicted octanol–water partition coefficient (Wildman–Crippen LogP) is 5.26. The quantitative estimate of drug-likeness (QED) is 0.515. The maximum Gasteiger partial charge on any atom is 0.420 e. The molecule has 3 aromatic rings. The molecule has 0 radical (unpaired) electrons. The minimum atomic E-state index is -4.67. The lowest BCUT2D eigenvalue weighted by Crippen LogP contribution is -2.16. The maximum atomic E-state index is 13.6. The number of fused-ring (bicyclic) bond motifs is 1. The molecule has 2 aromatic carbocycles. The Labute approximate surface area is 188 Å². The van der Waals surface area contributed by atoms with Gasteiger partial charge in [0.1, 0.15) is 12.4 Å². The zero-order valence-electron chi connectivity index (χ0n) is 17.6. The number of anilines is 1. The molecule has 0 bridgehead atoms. The molecule has 1 aliphatic rings. The van der Waals surface area contributed by atoms with E-state index >= 15 is 0 Å². The van der Waals surface area contributed by atoms with Crippen molar-refractivity contribution < 1.29 is 27.4 Å². The molecule has 1 amide bonds. The molecule has 2 heterocycles. The van der Waals surface area contributed by atoms with E-state index in [2.05, 4.69) is 15.3 Å². The van der Waals surface area contributed by atoms with Crippen LogP contribution >= 0.6 is 0 Å². The Bertz CT molecular complexity index is 1190. The highest BCUT2D eigenvalue weighted by Crippen LogP contribution is 2.43. The van der Waals surface area contributed by atoms with Crippen LogP contribution in [0.25, 0.3) is 11.1 Å². The zero-order chi connectivity index (χ0) is 23.4. The van der Waals surface area contributed by atoms with Crippen molar-refractivity contribution in [2.75, 3.05) is 25.6 Å². The Hall–Kier alpha value is -3.72. The number of pyridine rings is 1. The van der Waals surface area contributed by atoms with Crippen molar-refractivity contribution in [3.63, 3.8) is 0 Å². The third-order valence-electron chi connectivity index (χ3n) is 5.00. The number of nitrogens with zero attached hydrogens (tertiary/aromatic N) is 2. The first-order chi connectivity index (χ1) is 15.8. The predicted molar refractivity (Wildman–Crippen MR) is 118 cm³/mol. The van der Waals surface area contributed by atoms with E-state index in [0.717, 1.165) is 17.2 Å². The van der Waals surface area contributed by atoms with E-state index in [1.807, 2.05) is 30.3 Å². The molecule has 170 valence electrons. The monoisotopic (exact) mass is 455 g/mol. The van der Waals surface area contributed by atoms with E-state index in [1.165, 1.54) is 13.2 Å². The molecule has 33 heavy (non-hydrogen) atoms. The second-order valence-electron chi connectivity index (χ2n) is 7.31.